The molecule has 1 aliphatic heterocycles. The third-order valence-electron chi connectivity index (χ3n) is 2.83. The van der Waals surface area contributed by atoms with Crippen LogP contribution in [0, 0.1) is 0 Å². The van der Waals surface area contributed by atoms with Gasteiger partial charge in [-0.15, -0.1) is 0 Å². The molecule has 0 amide bonds. The summed E-state index contributed by atoms with van der Waals surface area (Å²) in [6.07, 6.45) is 2.88. The Morgan fingerprint density at radius 1 is 1.44 bits per heavy atom. The minimum absolute atomic E-state index is 0.0212. The van der Waals surface area contributed by atoms with Gasteiger partial charge in [0.15, 0.2) is 0 Å². The van der Waals surface area contributed by atoms with Crippen LogP contribution in [-0.2, 0) is 4.74 Å². The molecule has 2 heterocycles. The van der Waals surface area contributed by atoms with E-state index in [1.165, 1.54) is 0 Å². The highest BCUT2D eigenvalue weighted by molar-refractivity contribution is 5.48. The first kappa shape index (κ1) is 11.4. The van der Waals surface area contributed by atoms with Gasteiger partial charge in [-0.25, -0.2) is 4.98 Å². The maximum Gasteiger partial charge on any atom is 0.133 e. The number of nitrogens with two attached hydrogens (primary N) is 1. The van der Waals surface area contributed by atoms with Crippen LogP contribution < -0.4 is 10.6 Å². The molecule has 4 heteroatoms. The van der Waals surface area contributed by atoms with Gasteiger partial charge in [0.25, 0.3) is 0 Å². The number of aromatic nitrogens is 1. The molecule has 0 spiro atoms. The lowest BCUT2D eigenvalue weighted by Gasteiger charge is -2.24. The van der Waals surface area contributed by atoms with Crippen molar-refractivity contribution in [3.8, 4) is 0 Å². The van der Waals surface area contributed by atoms with Gasteiger partial charge >= 0.3 is 0 Å². The van der Waals surface area contributed by atoms with Crippen molar-refractivity contribution in [1.82, 2.24) is 4.98 Å². The molecule has 2 N–H and O–H groups in total. The maximum atomic E-state index is 5.96. The second-order valence-corrected chi connectivity index (χ2v) is 4.16. The number of nitrogens with zero attached hydrogens (tertiary/aromatic N) is 2. The van der Waals surface area contributed by atoms with Crippen LogP contribution in [0.1, 0.15) is 24.9 Å². The fraction of sp³-hybridized carbons (Fsp3) is 0.583. The molecule has 2 rings (SSSR count). The lowest BCUT2D eigenvalue weighted by atomic mass is 10.1. The van der Waals surface area contributed by atoms with Gasteiger partial charge in [-0.1, -0.05) is 6.07 Å². The van der Waals surface area contributed by atoms with E-state index < -0.39 is 0 Å². The van der Waals surface area contributed by atoms with E-state index in [1.54, 1.807) is 0 Å². The Bertz CT molecular complexity index is 333. The van der Waals surface area contributed by atoms with Gasteiger partial charge in [-0.2, -0.15) is 0 Å². The van der Waals surface area contributed by atoms with Crippen LogP contribution in [0.2, 0.25) is 0 Å². The predicted octanol–water partition coefficient (Wildman–Crippen LogP) is 1.33. The Morgan fingerprint density at radius 3 is 3.12 bits per heavy atom. The van der Waals surface area contributed by atoms with Crippen molar-refractivity contribution < 1.29 is 4.74 Å². The van der Waals surface area contributed by atoms with E-state index >= 15 is 0 Å². The van der Waals surface area contributed by atoms with Gasteiger partial charge in [0.05, 0.1) is 6.61 Å². The Morgan fingerprint density at radius 2 is 2.31 bits per heavy atom. The summed E-state index contributed by atoms with van der Waals surface area (Å²) < 4.78 is 5.45. The summed E-state index contributed by atoms with van der Waals surface area (Å²) >= 11 is 0. The van der Waals surface area contributed by atoms with Crippen LogP contribution >= 0.6 is 0 Å². The van der Waals surface area contributed by atoms with Crippen LogP contribution in [-0.4, -0.2) is 31.3 Å². The largest absolute Gasteiger partial charge is 0.380 e. The molecule has 0 saturated carbocycles. The van der Waals surface area contributed by atoms with Crippen molar-refractivity contribution in [2.75, 3.05) is 31.2 Å². The topological polar surface area (TPSA) is 51.4 Å². The normalized spacial score (nSPS) is 19.2. The number of hydrogen-bond donors (Lipinski definition) is 1. The van der Waals surface area contributed by atoms with Crippen molar-refractivity contribution in [3.05, 3.63) is 23.9 Å². The summed E-state index contributed by atoms with van der Waals surface area (Å²) in [7, 11) is 0. The summed E-state index contributed by atoms with van der Waals surface area (Å²) in [4.78, 5) is 6.73. The summed E-state index contributed by atoms with van der Waals surface area (Å²) in [6, 6.07) is 4.02. The Hall–Kier alpha value is -1.13. The Kier molecular flexibility index (Phi) is 3.74. The molecule has 1 atom stereocenters. The fourth-order valence-corrected chi connectivity index (χ4v) is 1.99. The minimum atomic E-state index is 0.0212. The molecule has 0 aromatic carbocycles. The van der Waals surface area contributed by atoms with E-state index in [2.05, 4.69) is 16.0 Å². The van der Waals surface area contributed by atoms with Crippen LogP contribution in [0.5, 0.6) is 0 Å². The lowest BCUT2D eigenvalue weighted by molar-refractivity contribution is 0.152. The van der Waals surface area contributed by atoms with Crippen LogP contribution in [0.15, 0.2) is 18.3 Å². The molecular formula is C12H19N3O. The first-order valence-corrected chi connectivity index (χ1v) is 5.82. The van der Waals surface area contributed by atoms with Gasteiger partial charge in [0.1, 0.15) is 5.82 Å². The van der Waals surface area contributed by atoms with Crippen LogP contribution in [0.3, 0.4) is 0 Å². The molecule has 4 nitrogen and oxygen atoms in total. The van der Waals surface area contributed by atoms with Crippen molar-refractivity contribution in [2.24, 2.45) is 5.73 Å². The predicted molar refractivity (Wildman–Crippen MR) is 64.5 cm³/mol. The minimum Gasteiger partial charge on any atom is -0.380 e. The summed E-state index contributed by atoms with van der Waals surface area (Å²) in [5.41, 5.74) is 7.08. The van der Waals surface area contributed by atoms with E-state index in [0.29, 0.717) is 0 Å². The first-order valence-electron chi connectivity index (χ1n) is 5.82. The number of anilines is 1. The zero-order valence-corrected chi connectivity index (χ0v) is 9.72. The van der Waals surface area contributed by atoms with Crippen molar-refractivity contribution in [2.45, 2.75) is 19.4 Å². The lowest BCUT2D eigenvalue weighted by Crippen LogP contribution is -2.28. The molecule has 1 aromatic heterocycles. The quantitative estimate of drug-likeness (QED) is 0.818. The van der Waals surface area contributed by atoms with E-state index in [0.717, 1.165) is 44.1 Å². The number of pyridine rings is 1. The first-order chi connectivity index (χ1) is 7.79. The second kappa shape index (κ2) is 5.27. The zero-order valence-electron chi connectivity index (χ0n) is 9.72. The van der Waals surface area contributed by atoms with Crippen molar-refractivity contribution in [3.63, 3.8) is 0 Å². The van der Waals surface area contributed by atoms with E-state index in [-0.39, 0.29) is 6.04 Å². The average molecular weight is 221 g/mol. The van der Waals surface area contributed by atoms with Gasteiger partial charge in [0.2, 0.25) is 0 Å². The molecule has 16 heavy (non-hydrogen) atoms. The molecule has 1 saturated heterocycles. The highest BCUT2D eigenvalue weighted by Gasteiger charge is 2.16. The second-order valence-electron chi connectivity index (χ2n) is 4.16. The van der Waals surface area contributed by atoms with Crippen LogP contribution in [0.25, 0.3) is 0 Å². The Balaban J connectivity index is 2.23. The molecule has 1 aromatic rings. The van der Waals surface area contributed by atoms with Gasteiger partial charge in [-0.3, -0.25) is 0 Å². The molecule has 1 fully saturated rings. The van der Waals surface area contributed by atoms with Crippen molar-refractivity contribution >= 4 is 5.82 Å². The third-order valence-corrected chi connectivity index (χ3v) is 2.83. The summed E-state index contributed by atoms with van der Waals surface area (Å²) in [5.74, 6) is 1.02. The van der Waals surface area contributed by atoms with E-state index in [1.807, 2.05) is 19.2 Å². The average Bonchev–Trinajstić information content (AvgIpc) is 2.57. The monoisotopic (exact) mass is 221 g/mol. The highest BCUT2D eigenvalue weighted by Crippen LogP contribution is 2.22. The number of hydrogen-bond acceptors (Lipinski definition) is 4. The maximum absolute atomic E-state index is 5.96. The van der Waals surface area contributed by atoms with Crippen LogP contribution in [0.4, 0.5) is 5.82 Å². The zero-order chi connectivity index (χ0) is 11.4. The molecule has 0 radical (unpaired) electrons. The number of ether oxygens (including phenoxy) is 1. The highest BCUT2D eigenvalue weighted by atomic mass is 16.5. The molecule has 0 aliphatic carbocycles. The molecule has 0 unspecified atom stereocenters. The van der Waals surface area contributed by atoms with Gasteiger partial charge < -0.3 is 15.4 Å². The smallest absolute Gasteiger partial charge is 0.133 e. The third kappa shape index (κ3) is 2.51. The Labute approximate surface area is 96.4 Å². The fourth-order valence-electron chi connectivity index (χ4n) is 1.99. The standard InChI is InChI=1S/C12H19N3O/c1-10(13)11-4-2-5-14-12(11)15-6-3-8-16-9-7-15/h2,4-5,10H,3,6-9,13H2,1H3/t10-/m0/s1. The summed E-state index contributed by atoms with van der Waals surface area (Å²) in [5, 5.41) is 0. The SMILES string of the molecule is C[C@H](N)c1cccnc1N1CCCOCC1. The van der Waals surface area contributed by atoms with E-state index in [9.17, 15) is 0 Å². The number of rotatable bonds is 2. The van der Waals surface area contributed by atoms with Gasteiger partial charge in [-0.05, 0) is 19.4 Å². The molecule has 1 aliphatic rings. The van der Waals surface area contributed by atoms with Crippen molar-refractivity contribution in [1.29, 1.82) is 0 Å². The molecular weight excluding hydrogens is 202 g/mol. The van der Waals surface area contributed by atoms with Gasteiger partial charge in [0, 0.05) is 37.5 Å². The van der Waals surface area contributed by atoms with E-state index in [4.69, 9.17) is 10.5 Å². The molecule has 0 bridgehead atoms. The molecule has 88 valence electrons. The summed E-state index contributed by atoms with van der Waals surface area (Å²) in [6.45, 7) is 5.51.